The second kappa shape index (κ2) is 7.23. The van der Waals surface area contributed by atoms with Gasteiger partial charge in [0, 0.05) is 17.9 Å². The van der Waals surface area contributed by atoms with Gasteiger partial charge >= 0.3 is 0 Å². The average Bonchev–Trinajstić information content (AvgIpc) is 2.48. The van der Waals surface area contributed by atoms with Crippen molar-refractivity contribution in [2.24, 2.45) is 0 Å². The van der Waals surface area contributed by atoms with Gasteiger partial charge in [-0.3, -0.25) is 4.98 Å². The number of hydrogen-bond acceptors (Lipinski definition) is 3. The van der Waals surface area contributed by atoms with E-state index in [9.17, 15) is 0 Å². The maximum atomic E-state index is 5.49. The number of aryl methyl sites for hydroxylation is 2. The lowest BCUT2D eigenvalue weighted by atomic mass is 9.98. The molecule has 2 rings (SSSR count). The Kier molecular flexibility index (Phi) is 5.34. The van der Waals surface area contributed by atoms with Crippen LogP contribution in [0.3, 0.4) is 0 Å². The summed E-state index contributed by atoms with van der Waals surface area (Å²) in [5, 5.41) is 3.54. The van der Waals surface area contributed by atoms with Crippen molar-refractivity contribution in [3.63, 3.8) is 0 Å². The molecule has 112 valence electrons. The Hall–Kier alpha value is -1.87. The number of benzene rings is 1. The Morgan fingerprint density at radius 3 is 2.62 bits per heavy atom. The molecule has 3 nitrogen and oxygen atoms in total. The molecular weight excluding hydrogens is 260 g/mol. The van der Waals surface area contributed by atoms with Crippen molar-refractivity contribution < 1.29 is 4.74 Å². The van der Waals surface area contributed by atoms with Gasteiger partial charge in [-0.25, -0.2) is 0 Å². The van der Waals surface area contributed by atoms with Gasteiger partial charge in [-0.2, -0.15) is 0 Å². The van der Waals surface area contributed by atoms with Crippen LogP contribution in [0, 0.1) is 13.8 Å². The van der Waals surface area contributed by atoms with Crippen LogP contribution in [0.5, 0.6) is 5.75 Å². The zero-order valence-corrected chi connectivity index (χ0v) is 13.3. The molecule has 1 atom stereocenters. The Morgan fingerprint density at radius 2 is 2.00 bits per heavy atom. The lowest BCUT2D eigenvalue weighted by Crippen LogP contribution is -2.23. The van der Waals surface area contributed by atoms with Crippen LogP contribution < -0.4 is 10.1 Å². The number of rotatable bonds is 6. The Labute approximate surface area is 127 Å². The quantitative estimate of drug-likeness (QED) is 0.880. The van der Waals surface area contributed by atoms with E-state index in [0.717, 1.165) is 24.4 Å². The van der Waals surface area contributed by atoms with E-state index in [1.54, 1.807) is 7.11 Å². The zero-order chi connectivity index (χ0) is 15.2. The minimum atomic E-state index is 0.249. The summed E-state index contributed by atoms with van der Waals surface area (Å²) in [5.74, 6) is 0.948. The number of nitrogens with zero attached hydrogens (tertiary/aromatic N) is 1. The molecule has 1 unspecified atom stereocenters. The maximum Gasteiger partial charge on any atom is 0.122 e. The fourth-order valence-electron chi connectivity index (χ4n) is 2.53. The van der Waals surface area contributed by atoms with Gasteiger partial charge in [-0.1, -0.05) is 30.7 Å². The molecule has 21 heavy (non-hydrogen) atoms. The highest BCUT2D eigenvalue weighted by molar-refractivity contribution is 5.38. The van der Waals surface area contributed by atoms with Crippen LogP contribution in [-0.2, 0) is 6.42 Å². The van der Waals surface area contributed by atoms with Crippen LogP contribution >= 0.6 is 0 Å². The zero-order valence-electron chi connectivity index (χ0n) is 13.3. The monoisotopic (exact) mass is 284 g/mol. The molecule has 0 aliphatic rings. The predicted molar refractivity (Wildman–Crippen MR) is 86.8 cm³/mol. The summed E-state index contributed by atoms with van der Waals surface area (Å²) in [7, 11) is 1.73. The molecule has 0 aliphatic carbocycles. The fraction of sp³-hybridized carbons (Fsp3) is 0.389. The number of hydrogen-bond donors (Lipinski definition) is 1. The first-order valence-electron chi connectivity index (χ1n) is 7.43. The Balaban J connectivity index is 2.27. The minimum absolute atomic E-state index is 0.249. The van der Waals surface area contributed by atoms with Gasteiger partial charge in [-0.05, 0) is 50.1 Å². The van der Waals surface area contributed by atoms with E-state index in [1.807, 2.05) is 19.2 Å². The van der Waals surface area contributed by atoms with E-state index in [2.05, 4.69) is 48.4 Å². The van der Waals surface area contributed by atoms with E-state index >= 15 is 0 Å². The summed E-state index contributed by atoms with van der Waals surface area (Å²) in [5.41, 5.74) is 4.74. The number of nitrogens with one attached hydrogen (secondary N) is 1. The van der Waals surface area contributed by atoms with Gasteiger partial charge < -0.3 is 10.1 Å². The molecular formula is C18H24N2O. The summed E-state index contributed by atoms with van der Waals surface area (Å²) in [6.45, 7) is 7.17. The van der Waals surface area contributed by atoms with E-state index in [1.165, 1.54) is 16.7 Å². The second-order valence-electron chi connectivity index (χ2n) is 5.36. The average molecular weight is 284 g/mol. The molecule has 1 aromatic carbocycles. The predicted octanol–water partition coefficient (Wildman–Crippen LogP) is 3.60. The van der Waals surface area contributed by atoms with Crippen LogP contribution in [0.25, 0.3) is 0 Å². The SMILES string of the molecule is CCNC(Cc1cc(C)ccc1OC)c1ccc(C)nc1. The van der Waals surface area contributed by atoms with Crippen LogP contribution in [0.15, 0.2) is 36.5 Å². The molecule has 0 saturated carbocycles. The number of ether oxygens (including phenoxy) is 1. The van der Waals surface area contributed by atoms with E-state index in [0.29, 0.717) is 0 Å². The van der Waals surface area contributed by atoms with Crippen LogP contribution in [0.4, 0.5) is 0 Å². The van der Waals surface area contributed by atoms with Gasteiger partial charge in [0.2, 0.25) is 0 Å². The standard InChI is InChI=1S/C18H24N2O/c1-5-19-17(15-8-7-14(3)20-12-15)11-16-10-13(2)6-9-18(16)21-4/h6-10,12,17,19H,5,11H2,1-4H3. The molecule has 2 aromatic rings. The first-order valence-corrected chi connectivity index (χ1v) is 7.43. The Morgan fingerprint density at radius 1 is 1.19 bits per heavy atom. The van der Waals surface area contributed by atoms with Crippen molar-refractivity contribution in [1.29, 1.82) is 0 Å². The van der Waals surface area contributed by atoms with Gasteiger partial charge in [0.15, 0.2) is 0 Å². The van der Waals surface area contributed by atoms with Gasteiger partial charge in [0.05, 0.1) is 7.11 Å². The Bertz CT molecular complexity index is 578. The van der Waals surface area contributed by atoms with Gasteiger partial charge in [0.1, 0.15) is 5.75 Å². The number of methoxy groups -OCH3 is 1. The largest absolute Gasteiger partial charge is 0.496 e. The second-order valence-corrected chi connectivity index (χ2v) is 5.36. The molecule has 1 N–H and O–H groups in total. The van der Waals surface area contributed by atoms with Crippen molar-refractivity contribution in [2.45, 2.75) is 33.2 Å². The third kappa shape index (κ3) is 4.05. The van der Waals surface area contributed by atoms with Crippen LogP contribution in [0.1, 0.15) is 35.3 Å². The smallest absolute Gasteiger partial charge is 0.122 e. The third-order valence-corrected chi connectivity index (χ3v) is 3.65. The van der Waals surface area contributed by atoms with Crippen LogP contribution in [0.2, 0.25) is 0 Å². The molecule has 0 saturated heterocycles. The molecule has 0 bridgehead atoms. The molecule has 1 heterocycles. The normalized spacial score (nSPS) is 12.2. The van der Waals surface area contributed by atoms with Crippen molar-refractivity contribution in [3.05, 3.63) is 58.9 Å². The fourth-order valence-corrected chi connectivity index (χ4v) is 2.53. The summed E-state index contributed by atoms with van der Waals surface area (Å²) >= 11 is 0. The summed E-state index contributed by atoms with van der Waals surface area (Å²) < 4.78 is 5.49. The first kappa shape index (κ1) is 15.5. The number of likely N-dealkylation sites (N-methyl/N-ethyl adjacent to an activating group) is 1. The number of aromatic nitrogens is 1. The molecule has 0 amide bonds. The van der Waals surface area contributed by atoms with Crippen molar-refractivity contribution in [1.82, 2.24) is 10.3 Å². The minimum Gasteiger partial charge on any atom is -0.496 e. The lowest BCUT2D eigenvalue weighted by Gasteiger charge is -2.20. The molecule has 0 aliphatic heterocycles. The van der Waals surface area contributed by atoms with Gasteiger partial charge in [0.25, 0.3) is 0 Å². The topological polar surface area (TPSA) is 34.1 Å². The van der Waals surface area contributed by atoms with Crippen LogP contribution in [-0.4, -0.2) is 18.6 Å². The molecule has 0 fully saturated rings. The first-order chi connectivity index (χ1) is 10.1. The van der Waals surface area contributed by atoms with E-state index in [4.69, 9.17) is 4.74 Å². The van der Waals surface area contributed by atoms with E-state index < -0.39 is 0 Å². The van der Waals surface area contributed by atoms with E-state index in [-0.39, 0.29) is 6.04 Å². The molecule has 0 spiro atoms. The van der Waals surface area contributed by atoms with Crippen molar-refractivity contribution in [2.75, 3.05) is 13.7 Å². The summed E-state index contributed by atoms with van der Waals surface area (Å²) in [6, 6.07) is 10.8. The van der Waals surface area contributed by atoms with Crippen molar-refractivity contribution >= 4 is 0 Å². The highest BCUT2D eigenvalue weighted by atomic mass is 16.5. The molecule has 0 radical (unpaired) electrons. The summed E-state index contributed by atoms with van der Waals surface area (Å²) in [6.07, 6.45) is 2.86. The number of pyridine rings is 1. The molecule has 1 aromatic heterocycles. The highest BCUT2D eigenvalue weighted by Crippen LogP contribution is 2.26. The highest BCUT2D eigenvalue weighted by Gasteiger charge is 2.14. The summed E-state index contributed by atoms with van der Waals surface area (Å²) in [4.78, 5) is 4.41. The maximum absolute atomic E-state index is 5.49. The lowest BCUT2D eigenvalue weighted by molar-refractivity contribution is 0.405. The molecule has 3 heteroatoms. The third-order valence-electron chi connectivity index (χ3n) is 3.65. The van der Waals surface area contributed by atoms with Crippen molar-refractivity contribution in [3.8, 4) is 5.75 Å². The van der Waals surface area contributed by atoms with Gasteiger partial charge in [-0.15, -0.1) is 0 Å².